The van der Waals surface area contributed by atoms with Crippen LogP contribution in [0.25, 0.3) is 0 Å². The molecule has 0 radical (unpaired) electrons. The summed E-state index contributed by atoms with van der Waals surface area (Å²) in [5, 5.41) is 3.47. The Morgan fingerprint density at radius 2 is 2.10 bits per heavy atom. The highest BCUT2D eigenvalue weighted by Gasteiger charge is 2.06. The van der Waals surface area contributed by atoms with Gasteiger partial charge in [-0.2, -0.15) is 0 Å². The predicted octanol–water partition coefficient (Wildman–Crippen LogP) is 3.51. The van der Waals surface area contributed by atoms with Crippen molar-refractivity contribution in [2.45, 2.75) is 6.54 Å². The van der Waals surface area contributed by atoms with Gasteiger partial charge in [-0.25, -0.2) is 9.37 Å². The largest absolute Gasteiger partial charge is 0.475 e. The van der Waals surface area contributed by atoms with Crippen molar-refractivity contribution < 1.29 is 13.9 Å². The summed E-state index contributed by atoms with van der Waals surface area (Å²) in [5.74, 6) is 0.184. The van der Waals surface area contributed by atoms with Crippen molar-refractivity contribution in [1.82, 2.24) is 4.98 Å². The number of pyridine rings is 1. The lowest BCUT2D eigenvalue weighted by Gasteiger charge is -2.09. The van der Waals surface area contributed by atoms with Gasteiger partial charge in [0.1, 0.15) is 12.4 Å². The first kappa shape index (κ1) is 15.5. The average Bonchev–Trinajstić information content (AvgIpc) is 2.48. The molecular formula is C15H16ClFN2O2. The fourth-order valence-electron chi connectivity index (χ4n) is 1.69. The Hall–Kier alpha value is -1.85. The van der Waals surface area contributed by atoms with E-state index in [1.807, 2.05) is 6.07 Å². The van der Waals surface area contributed by atoms with E-state index in [0.29, 0.717) is 29.7 Å². The fraction of sp³-hybridized carbons (Fsp3) is 0.267. The summed E-state index contributed by atoms with van der Waals surface area (Å²) in [6.07, 6.45) is 1.62. The van der Waals surface area contributed by atoms with Crippen LogP contribution in [0.5, 0.6) is 5.88 Å². The molecule has 1 heterocycles. The van der Waals surface area contributed by atoms with Crippen LogP contribution in [-0.4, -0.2) is 25.3 Å². The van der Waals surface area contributed by atoms with Crippen molar-refractivity contribution in [2.75, 3.05) is 25.6 Å². The average molecular weight is 311 g/mol. The van der Waals surface area contributed by atoms with E-state index in [9.17, 15) is 4.39 Å². The van der Waals surface area contributed by atoms with Crippen LogP contribution < -0.4 is 10.1 Å². The van der Waals surface area contributed by atoms with Crippen LogP contribution in [0.2, 0.25) is 5.02 Å². The quantitative estimate of drug-likeness (QED) is 0.795. The summed E-state index contributed by atoms with van der Waals surface area (Å²) in [4.78, 5) is 4.14. The molecule has 0 aliphatic carbocycles. The van der Waals surface area contributed by atoms with E-state index < -0.39 is 0 Å². The number of benzene rings is 1. The van der Waals surface area contributed by atoms with Crippen LogP contribution in [0, 0.1) is 5.82 Å². The van der Waals surface area contributed by atoms with Gasteiger partial charge in [-0.3, -0.25) is 0 Å². The minimum absolute atomic E-state index is 0.289. The maximum absolute atomic E-state index is 13.6. The van der Waals surface area contributed by atoms with E-state index in [2.05, 4.69) is 10.3 Å². The monoisotopic (exact) mass is 310 g/mol. The van der Waals surface area contributed by atoms with Gasteiger partial charge in [0, 0.05) is 30.3 Å². The van der Waals surface area contributed by atoms with Gasteiger partial charge in [0.25, 0.3) is 0 Å². The zero-order valence-electron chi connectivity index (χ0n) is 11.6. The summed E-state index contributed by atoms with van der Waals surface area (Å²) in [6.45, 7) is 1.24. The lowest BCUT2D eigenvalue weighted by Crippen LogP contribution is -2.06. The number of aromatic nitrogens is 1. The van der Waals surface area contributed by atoms with Crippen LogP contribution in [0.1, 0.15) is 5.56 Å². The first-order valence-corrected chi connectivity index (χ1v) is 6.83. The van der Waals surface area contributed by atoms with E-state index in [1.54, 1.807) is 31.5 Å². The van der Waals surface area contributed by atoms with Gasteiger partial charge >= 0.3 is 0 Å². The van der Waals surface area contributed by atoms with Crippen LogP contribution in [0.15, 0.2) is 36.5 Å². The van der Waals surface area contributed by atoms with Crippen LogP contribution in [0.3, 0.4) is 0 Å². The molecule has 0 spiro atoms. The Kier molecular flexibility index (Phi) is 5.78. The molecule has 6 heteroatoms. The smallest absolute Gasteiger partial charge is 0.213 e. The number of methoxy groups -OCH3 is 1. The Bertz CT molecular complexity index is 558. The molecule has 1 aromatic carbocycles. The summed E-state index contributed by atoms with van der Waals surface area (Å²) >= 11 is 5.96. The number of hydrogen-bond acceptors (Lipinski definition) is 4. The number of rotatable bonds is 7. The molecule has 0 saturated carbocycles. The molecule has 0 bridgehead atoms. The summed E-state index contributed by atoms with van der Waals surface area (Å²) in [5.41, 5.74) is 1.19. The highest BCUT2D eigenvalue weighted by atomic mass is 35.5. The first-order chi connectivity index (χ1) is 10.2. The van der Waals surface area contributed by atoms with Crippen LogP contribution in [-0.2, 0) is 11.3 Å². The van der Waals surface area contributed by atoms with Gasteiger partial charge in [-0.05, 0) is 18.2 Å². The highest BCUT2D eigenvalue weighted by molar-refractivity contribution is 6.31. The molecule has 0 unspecified atom stereocenters. The van der Waals surface area contributed by atoms with Crippen molar-refractivity contribution in [3.05, 3.63) is 52.9 Å². The molecule has 2 aromatic rings. The lowest BCUT2D eigenvalue weighted by atomic mass is 10.2. The molecule has 0 fully saturated rings. The third kappa shape index (κ3) is 4.58. The second-order valence-electron chi connectivity index (χ2n) is 4.28. The van der Waals surface area contributed by atoms with Crippen molar-refractivity contribution in [3.63, 3.8) is 0 Å². The highest BCUT2D eigenvalue weighted by Crippen LogP contribution is 2.20. The van der Waals surface area contributed by atoms with E-state index >= 15 is 0 Å². The molecule has 0 aliphatic rings. The first-order valence-electron chi connectivity index (χ1n) is 6.45. The number of nitrogens with one attached hydrogen (secondary N) is 1. The lowest BCUT2D eigenvalue weighted by molar-refractivity contribution is 0.144. The molecule has 0 aliphatic heterocycles. The second kappa shape index (κ2) is 7.81. The Morgan fingerprint density at radius 3 is 2.76 bits per heavy atom. The zero-order chi connectivity index (χ0) is 15.1. The van der Waals surface area contributed by atoms with Crippen molar-refractivity contribution in [3.8, 4) is 5.88 Å². The summed E-state index contributed by atoms with van der Waals surface area (Å²) in [6, 6.07) is 8.17. The standard InChI is InChI=1S/C15H16ClFN2O2/c1-20-7-8-21-15-6-5-11(9-19-15)18-10-12-13(16)3-2-4-14(12)17/h2-6,9,18H,7-8,10H2,1H3. The van der Waals surface area contributed by atoms with E-state index in [1.165, 1.54) is 6.07 Å². The van der Waals surface area contributed by atoms with Gasteiger partial charge in [-0.15, -0.1) is 0 Å². The number of hydrogen-bond donors (Lipinski definition) is 1. The zero-order valence-corrected chi connectivity index (χ0v) is 12.4. The minimum atomic E-state index is -0.331. The third-order valence-electron chi connectivity index (χ3n) is 2.80. The van der Waals surface area contributed by atoms with E-state index in [4.69, 9.17) is 21.1 Å². The summed E-state index contributed by atoms with van der Waals surface area (Å²) < 4.78 is 23.9. The van der Waals surface area contributed by atoms with E-state index in [-0.39, 0.29) is 12.4 Å². The maximum atomic E-state index is 13.6. The molecule has 0 atom stereocenters. The number of halogens is 2. The minimum Gasteiger partial charge on any atom is -0.475 e. The molecule has 112 valence electrons. The maximum Gasteiger partial charge on any atom is 0.213 e. The molecule has 0 amide bonds. The molecule has 2 rings (SSSR count). The van der Waals surface area contributed by atoms with Crippen molar-refractivity contribution in [1.29, 1.82) is 0 Å². The van der Waals surface area contributed by atoms with Crippen LogP contribution >= 0.6 is 11.6 Å². The molecule has 1 aromatic heterocycles. The number of ether oxygens (including phenoxy) is 2. The normalized spacial score (nSPS) is 10.4. The SMILES string of the molecule is COCCOc1ccc(NCc2c(F)cccc2Cl)cn1. The van der Waals surface area contributed by atoms with Gasteiger partial charge in [-0.1, -0.05) is 17.7 Å². The van der Waals surface area contributed by atoms with E-state index in [0.717, 1.165) is 5.69 Å². The van der Waals surface area contributed by atoms with Gasteiger partial charge in [0.15, 0.2) is 0 Å². The Balaban J connectivity index is 1.92. The molecule has 1 N–H and O–H groups in total. The number of nitrogens with zero attached hydrogens (tertiary/aromatic N) is 1. The third-order valence-corrected chi connectivity index (χ3v) is 3.16. The number of anilines is 1. The topological polar surface area (TPSA) is 43.4 Å². The van der Waals surface area contributed by atoms with Crippen LogP contribution in [0.4, 0.5) is 10.1 Å². The van der Waals surface area contributed by atoms with Crippen molar-refractivity contribution >= 4 is 17.3 Å². The van der Waals surface area contributed by atoms with Gasteiger partial charge in [0.05, 0.1) is 18.5 Å². The second-order valence-corrected chi connectivity index (χ2v) is 4.69. The molecule has 4 nitrogen and oxygen atoms in total. The Morgan fingerprint density at radius 1 is 1.24 bits per heavy atom. The Labute approximate surface area is 127 Å². The predicted molar refractivity (Wildman–Crippen MR) is 80.3 cm³/mol. The molecule has 0 saturated heterocycles. The molecular weight excluding hydrogens is 295 g/mol. The van der Waals surface area contributed by atoms with Crippen molar-refractivity contribution in [2.24, 2.45) is 0 Å². The van der Waals surface area contributed by atoms with Gasteiger partial charge in [0.2, 0.25) is 5.88 Å². The van der Waals surface area contributed by atoms with Gasteiger partial charge < -0.3 is 14.8 Å². The summed E-state index contributed by atoms with van der Waals surface area (Å²) in [7, 11) is 1.61. The molecule has 21 heavy (non-hydrogen) atoms. The fourth-order valence-corrected chi connectivity index (χ4v) is 1.92.